The van der Waals surface area contributed by atoms with E-state index in [1.54, 1.807) is 25.8 Å². The van der Waals surface area contributed by atoms with E-state index in [-0.39, 0.29) is 25.0 Å². The summed E-state index contributed by atoms with van der Waals surface area (Å²) in [5.74, 6) is -0.860. The standard InChI is InChI=1S/C13H26N2O4/c1-10(2)15(8-6-7-11(16)17)12(18)14(5)9-13(3,4)19/h10,19H,6-9H2,1-5H3,(H,16,17). The van der Waals surface area contributed by atoms with Crippen molar-refractivity contribution in [3.63, 3.8) is 0 Å². The molecule has 0 radical (unpaired) electrons. The fourth-order valence-corrected chi connectivity index (χ4v) is 1.84. The van der Waals surface area contributed by atoms with Crippen LogP contribution < -0.4 is 0 Å². The van der Waals surface area contributed by atoms with Crippen molar-refractivity contribution in [1.29, 1.82) is 0 Å². The summed E-state index contributed by atoms with van der Waals surface area (Å²) in [6, 6.07) is -0.201. The molecule has 0 fully saturated rings. The Kier molecular flexibility index (Phi) is 6.83. The Balaban J connectivity index is 4.52. The highest BCUT2D eigenvalue weighted by atomic mass is 16.4. The molecule has 0 saturated carbocycles. The van der Waals surface area contributed by atoms with E-state index >= 15 is 0 Å². The van der Waals surface area contributed by atoms with Gasteiger partial charge in [-0.05, 0) is 34.1 Å². The van der Waals surface area contributed by atoms with Crippen LogP contribution in [-0.4, -0.2) is 63.8 Å². The minimum absolute atomic E-state index is 0.00875. The Morgan fingerprint density at radius 2 is 1.79 bits per heavy atom. The molecule has 2 N–H and O–H groups in total. The van der Waals surface area contributed by atoms with Crippen LogP contribution in [0, 0.1) is 0 Å². The van der Waals surface area contributed by atoms with Crippen molar-refractivity contribution in [2.24, 2.45) is 0 Å². The Hall–Kier alpha value is -1.30. The second kappa shape index (κ2) is 7.33. The fraction of sp³-hybridized carbons (Fsp3) is 0.846. The predicted molar refractivity (Wildman–Crippen MR) is 73.0 cm³/mol. The summed E-state index contributed by atoms with van der Waals surface area (Å²) in [4.78, 5) is 25.8. The average Bonchev–Trinajstić information content (AvgIpc) is 2.20. The first-order valence-corrected chi connectivity index (χ1v) is 6.50. The molecule has 19 heavy (non-hydrogen) atoms. The van der Waals surface area contributed by atoms with Crippen LogP contribution in [0.1, 0.15) is 40.5 Å². The van der Waals surface area contributed by atoms with E-state index in [1.807, 2.05) is 13.8 Å². The third-order valence-electron chi connectivity index (χ3n) is 2.61. The van der Waals surface area contributed by atoms with E-state index in [0.717, 1.165) is 0 Å². The molecule has 0 rings (SSSR count). The van der Waals surface area contributed by atoms with Crippen LogP contribution in [0.25, 0.3) is 0 Å². The molecule has 0 aliphatic heterocycles. The highest BCUT2D eigenvalue weighted by Gasteiger charge is 2.24. The van der Waals surface area contributed by atoms with Gasteiger partial charge in [-0.15, -0.1) is 0 Å². The van der Waals surface area contributed by atoms with Gasteiger partial charge in [0.25, 0.3) is 0 Å². The first-order chi connectivity index (χ1) is 8.54. The summed E-state index contributed by atoms with van der Waals surface area (Å²) in [7, 11) is 1.63. The lowest BCUT2D eigenvalue weighted by Gasteiger charge is -2.33. The summed E-state index contributed by atoms with van der Waals surface area (Å²) < 4.78 is 0. The van der Waals surface area contributed by atoms with Gasteiger partial charge >= 0.3 is 12.0 Å². The quantitative estimate of drug-likeness (QED) is 0.735. The van der Waals surface area contributed by atoms with E-state index in [0.29, 0.717) is 13.0 Å². The molecule has 0 unspecified atom stereocenters. The largest absolute Gasteiger partial charge is 0.481 e. The lowest BCUT2D eigenvalue weighted by molar-refractivity contribution is -0.137. The Bertz CT molecular complexity index is 310. The highest BCUT2D eigenvalue weighted by Crippen LogP contribution is 2.09. The fourth-order valence-electron chi connectivity index (χ4n) is 1.84. The molecule has 112 valence electrons. The molecule has 0 spiro atoms. The number of aliphatic hydroxyl groups is 1. The average molecular weight is 274 g/mol. The van der Waals surface area contributed by atoms with Crippen LogP contribution in [0.3, 0.4) is 0 Å². The molecular formula is C13H26N2O4. The monoisotopic (exact) mass is 274 g/mol. The maximum absolute atomic E-state index is 12.2. The van der Waals surface area contributed by atoms with Crippen molar-refractivity contribution in [3.8, 4) is 0 Å². The maximum atomic E-state index is 12.2. The number of rotatable bonds is 7. The summed E-state index contributed by atoms with van der Waals surface area (Å²) in [6.07, 6.45) is 0.474. The van der Waals surface area contributed by atoms with Gasteiger partial charge in [-0.25, -0.2) is 4.79 Å². The molecule has 0 aromatic heterocycles. The summed E-state index contributed by atoms with van der Waals surface area (Å²) in [5.41, 5.74) is -0.950. The van der Waals surface area contributed by atoms with Crippen LogP contribution in [0.4, 0.5) is 4.79 Å². The topological polar surface area (TPSA) is 81.1 Å². The molecule has 0 aliphatic carbocycles. The zero-order valence-corrected chi connectivity index (χ0v) is 12.5. The first-order valence-electron chi connectivity index (χ1n) is 6.50. The van der Waals surface area contributed by atoms with Crippen LogP contribution in [0.5, 0.6) is 0 Å². The summed E-state index contributed by atoms with van der Waals surface area (Å²) in [5, 5.41) is 18.3. The summed E-state index contributed by atoms with van der Waals surface area (Å²) in [6.45, 7) is 7.68. The number of hydrogen-bond donors (Lipinski definition) is 2. The molecule has 6 heteroatoms. The van der Waals surface area contributed by atoms with E-state index in [9.17, 15) is 14.7 Å². The molecular weight excluding hydrogens is 248 g/mol. The molecule has 6 nitrogen and oxygen atoms in total. The van der Waals surface area contributed by atoms with Gasteiger partial charge in [0.1, 0.15) is 0 Å². The number of amides is 2. The lowest BCUT2D eigenvalue weighted by atomic mass is 10.1. The van der Waals surface area contributed by atoms with Gasteiger partial charge in [-0.2, -0.15) is 0 Å². The number of likely N-dealkylation sites (N-methyl/N-ethyl adjacent to an activating group) is 1. The number of aliphatic carboxylic acids is 1. The van der Waals surface area contributed by atoms with Crippen LogP contribution >= 0.6 is 0 Å². The second-order valence-corrected chi connectivity index (χ2v) is 5.74. The maximum Gasteiger partial charge on any atom is 0.320 e. The number of carbonyl (C=O) groups excluding carboxylic acids is 1. The SMILES string of the molecule is CC(C)N(CCCC(=O)O)C(=O)N(C)CC(C)(C)O. The number of carboxylic acids is 1. The van der Waals surface area contributed by atoms with E-state index in [2.05, 4.69) is 0 Å². The van der Waals surface area contributed by atoms with Crippen LogP contribution in [-0.2, 0) is 4.79 Å². The van der Waals surface area contributed by atoms with Crippen molar-refractivity contribution < 1.29 is 19.8 Å². The zero-order valence-electron chi connectivity index (χ0n) is 12.5. The van der Waals surface area contributed by atoms with Crippen molar-refractivity contribution >= 4 is 12.0 Å². The van der Waals surface area contributed by atoms with E-state index < -0.39 is 11.6 Å². The molecule has 0 aromatic rings. The number of hydrogen-bond acceptors (Lipinski definition) is 3. The normalized spacial score (nSPS) is 11.5. The predicted octanol–water partition coefficient (Wildman–Crippen LogP) is 1.38. The number of urea groups is 1. The smallest absolute Gasteiger partial charge is 0.320 e. The molecule has 0 aliphatic rings. The van der Waals surface area contributed by atoms with Gasteiger partial charge in [0, 0.05) is 26.1 Å². The van der Waals surface area contributed by atoms with E-state index in [1.165, 1.54) is 4.90 Å². The van der Waals surface area contributed by atoms with Crippen molar-refractivity contribution in [1.82, 2.24) is 9.80 Å². The Morgan fingerprint density at radius 1 is 1.26 bits per heavy atom. The molecule has 0 atom stereocenters. The summed E-state index contributed by atoms with van der Waals surface area (Å²) >= 11 is 0. The minimum Gasteiger partial charge on any atom is -0.481 e. The van der Waals surface area contributed by atoms with Crippen LogP contribution in [0.2, 0.25) is 0 Å². The highest BCUT2D eigenvalue weighted by molar-refractivity contribution is 5.74. The van der Waals surface area contributed by atoms with Crippen LogP contribution in [0.15, 0.2) is 0 Å². The number of nitrogens with zero attached hydrogens (tertiary/aromatic N) is 2. The molecule has 0 heterocycles. The van der Waals surface area contributed by atoms with Gasteiger partial charge in [-0.3, -0.25) is 4.79 Å². The van der Waals surface area contributed by atoms with Gasteiger partial charge in [0.15, 0.2) is 0 Å². The number of carbonyl (C=O) groups is 2. The van der Waals surface area contributed by atoms with Crippen molar-refractivity contribution in [2.75, 3.05) is 20.1 Å². The Morgan fingerprint density at radius 3 is 2.16 bits per heavy atom. The second-order valence-electron chi connectivity index (χ2n) is 5.74. The number of carboxylic acid groups (broad SMARTS) is 1. The van der Waals surface area contributed by atoms with Crippen molar-refractivity contribution in [2.45, 2.75) is 52.2 Å². The molecule has 0 aromatic carbocycles. The third kappa shape index (κ3) is 7.66. The molecule has 2 amide bonds. The van der Waals surface area contributed by atoms with E-state index in [4.69, 9.17) is 5.11 Å². The van der Waals surface area contributed by atoms with Crippen molar-refractivity contribution in [3.05, 3.63) is 0 Å². The third-order valence-corrected chi connectivity index (χ3v) is 2.61. The minimum atomic E-state index is -0.950. The van der Waals surface area contributed by atoms with Gasteiger partial charge in [-0.1, -0.05) is 0 Å². The van der Waals surface area contributed by atoms with Gasteiger partial charge in [0.2, 0.25) is 0 Å². The zero-order chi connectivity index (χ0) is 15.2. The molecule has 0 saturated heterocycles. The van der Waals surface area contributed by atoms with Gasteiger partial charge < -0.3 is 20.0 Å². The van der Waals surface area contributed by atoms with Gasteiger partial charge in [0.05, 0.1) is 12.1 Å². The first kappa shape index (κ1) is 17.7. The lowest BCUT2D eigenvalue weighted by Crippen LogP contribution is -2.49. The Labute approximate surface area is 115 Å². The molecule has 0 bridgehead atoms.